The molecule has 0 spiro atoms. The first-order chi connectivity index (χ1) is 31.0. The SMILES string of the molecule is CC[C@H](C)[C@@H]([C@@H](CC(=O)N1CCC[C@H]1[C@H](OC)[C@@H](C)C(=O)N[C@@H](Cc1ccccc1)C(=O)O)OC)N(C)C(=O)[C@@H](NC(=O)C1C2CC[C@@H](C2)N1C(=O)CCCCCNC(=O)CBr)C(C)C. The second-order valence-electron chi connectivity index (χ2n) is 18.7. The number of amides is 6. The number of hydrogen-bond donors (Lipinski definition) is 4. The number of hydrogen-bond acceptors (Lipinski definition) is 9. The fraction of sp³-hybridized carbons (Fsp3) is 0.729. The summed E-state index contributed by atoms with van der Waals surface area (Å²) in [5, 5.41) is 18.8. The van der Waals surface area contributed by atoms with Crippen LogP contribution in [0.1, 0.15) is 111 Å². The Morgan fingerprint density at radius 2 is 1.63 bits per heavy atom. The molecule has 2 aliphatic heterocycles. The van der Waals surface area contributed by atoms with Crippen LogP contribution in [0.5, 0.6) is 0 Å². The summed E-state index contributed by atoms with van der Waals surface area (Å²) < 4.78 is 12.0. The molecule has 2 unspecified atom stereocenters. The molecule has 0 aromatic heterocycles. The number of fused-ring (bicyclic) bond motifs is 2. The van der Waals surface area contributed by atoms with Gasteiger partial charge in [0.1, 0.15) is 18.1 Å². The second-order valence-corrected chi connectivity index (χ2v) is 19.2. The van der Waals surface area contributed by atoms with Crippen molar-refractivity contribution in [2.45, 2.75) is 160 Å². The number of likely N-dealkylation sites (tertiary alicyclic amines) is 2. The first-order valence-corrected chi connectivity index (χ1v) is 24.7. The first-order valence-electron chi connectivity index (χ1n) is 23.6. The number of halogens is 1. The van der Waals surface area contributed by atoms with Gasteiger partial charge >= 0.3 is 5.97 Å². The van der Waals surface area contributed by atoms with E-state index in [1.54, 1.807) is 40.8 Å². The van der Waals surface area contributed by atoms with E-state index in [4.69, 9.17) is 9.47 Å². The molecular weight excluding hydrogens is 900 g/mol. The van der Waals surface area contributed by atoms with Crippen molar-refractivity contribution in [1.29, 1.82) is 0 Å². The average Bonchev–Trinajstić information content (AvgIpc) is 4.06. The zero-order valence-corrected chi connectivity index (χ0v) is 41.3. The summed E-state index contributed by atoms with van der Waals surface area (Å²) in [6.07, 6.45) is 5.50. The number of aliphatic carboxylic acids is 1. The van der Waals surface area contributed by atoms with Crippen molar-refractivity contribution in [1.82, 2.24) is 30.7 Å². The van der Waals surface area contributed by atoms with Gasteiger partial charge in [-0.25, -0.2) is 4.79 Å². The Bertz CT molecular complexity index is 1770. The molecule has 3 fully saturated rings. The van der Waals surface area contributed by atoms with E-state index < -0.39 is 60.2 Å². The van der Waals surface area contributed by atoms with Crippen LogP contribution in [0, 0.1) is 23.7 Å². The zero-order chi connectivity index (χ0) is 48.0. The highest BCUT2D eigenvalue weighted by molar-refractivity contribution is 9.09. The fourth-order valence-electron chi connectivity index (χ4n) is 10.3. The molecule has 0 radical (unpaired) electrons. The van der Waals surface area contributed by atoms with Crippen LogP contribution in [0.2, 0.25) is 0 Å². The third-order valence-corrected chi connectivity index (χ3v) is 14.5. The molecule has 1 saturated carbocycles. The molecular formula is C48H75BrN6O10. The number of methoxy groups -OCH3 is 2. The van der Waals surface area contributed by atoms with Crippen molar-refractivity contribution < 1.29 is 48.1 Å². The van der Waals surface area contributed by atoms with Crippen molar-refractivity contribution in [2.24, 2.45) is 23.7 Å². The van der Waals surface area contributed by atoms with E-state index in [2.05, 4.69) is 31.9 Å². The van der Waals surface area contributed by atoms with Gasteiger partial charge in [-0.2, -0.15) is 0 Å². The Balaban J connectivity index is 1.43. The molecule has 2 heterocycles. The Hall–Kier alpha value is -4.09. The lowest BCUT2D eigenvalue weighted by Gasteiger charge is -2.41. The molecule has 6 amide bonds. The maximum Gasteiger partial charge on any atom is 0.326 e. The van der Waals surface area contributed by atoms with Crippen molar-refractivity contribution >= 4 is 57.3 Å². The molecule has 3 aliphatic rings. The summed E-state index contributed by atoms with van der Waals surface area (Å²) in [6, 6.07) is 5.36. The van der Waals surface area contributed by atoms with Gasteiger partial charge in [0, 0.05) is 53.2 Å². The van der Waals surface area contributed by atoms with E-state index in [0.29, 0.717) is 45.2 Å². The predicted molar refractivity (Wildman–Crippen MR) is 250 cm³/mol. The minimum absolute atomic E-state index is 0.00363. The number of unbranched alkanes of at least 4 members (excludes halogenated alkanes) is 2. The van der Waals surface area contributed by atoms with Crippen LogP contribution in [-0.4, -0.2) is 149 Å². The lowest BCUT2D eigenvalue weighted by Crippen LogP contribution is -2.60. The number of nitrogens with zero attached hydrogens (tertiary/aromatic N) is 3. The topological polar surface area (TPSA) is 204 Å². The van der Waals surface area contributed by atoms with Crippen LogP contribution in [0.15, 0.2) is 30.3 Å². The van der Waals surface area contributed by atoms with Gasteiger partial charge in [-0.05, 0) is 68.3 Å². The first kappa shape index (κ1) is 53.5. The molecule has 4 rings (SSSR count). The van der Waals surface area contributed by atoms with E-state index in [1.807, 2.05) is 45.9 Å². The highest BCUT2D eigenvalue weighted by Crippen LogP contribution is 2.43. The number of carbonyl (C=O) groups excluding carboxylic acids is 6. The summed E-state index contributed by atoms with van der Waals surface area (Å²) in [4.78, 5) is 99.2. The van der Waals surface area contributed by atoms with E-state index in [9.17, 15) is 38.7 Å². The fourth-order valence-corrected chi connectivity index (χ4v) is 10.5. The van der Waals surface area contributed by atoms with Gasteiger partial charge in [-0.3, -0.25) is 28.8 Å². The maximum atomic E-state index is 14.6. The van der Waals surface area contributed by atoms with Crippen LogP contribution >= 0.6 is 15.9 Å². The summed E-state index contributed by atoms with van der Waals surface area (Å²) in [7, 11) is 4.71. The van der Waals surface area contributed by atoms with Crippen molar-refractivity contribution in [3.63, 3.8) is 0 Å². The van der Waals surface area contributed by atoms with E-state index >= 15 is 0 Å². The van der Waals surface area contributed by atoms with Gasteiger partial charge in [-0.1, -0.05) is 93.7 Å². The Kier molecular flexibility index (Phi) is 21.2. The molecule has 17 heteroatoms. The number of likely N-dealkylation sites (N-methyl/N-ethyl adjacent to an activating group) is 1. The molecule has 65 heavy (non-hydrogen) atoms. The summed E-state index contributed by atoms with van der Waals surface area (Å²) in [5.41, 5.74) is 0.772. The van der Waals surface area contributed by atoms with E-state index in [0.717, 1.165) is 37.7 Å². The summed E-state index contributed by atoms with van der Waals surface area (Å²) in [5.74, 6) is -3.79. The number of nitrogens with one attached hydrogen (secondary N) is 3. The molecule has 1 aromatic carbocycles. The van der Waals surface area contributed by atoms with Crippen LogP contribution in [-0.2, 0) is 49.5 Å². The van der Waals surface area contributed by atoms with Crippen LogP contribution in [0.3, 0.4) is 0 Å². The molecule has 364 valence electrons. The third-order valence-electron chi connectivity index (χ3n) is 14.0. The number of benzene rings is 1. The quantitative estimate of drug-likeness (QED) is 0.0766. The summed E-state index contributed by atoms with van der Waals surface area (Å²) in [6.45, 7) is 10.4. The number of alkyl halides is 1. The Labute approximate surface area is 394 Å². The smallest absolute Gasteiger partial charge is 0.326 e. The summed E-state index contributed by atoms with van der Waals surface area (Å²) >= 11 is 3.14. The molecule has 11 atom stereocenters. The average molecular weight is 976 g/mol. The van der Waals surface area contributed by atoms with Crippen molar-refractivity contribution in [3.8, 4) is 0 Å². The Morgan fingerprint density at radius 3 is 2.25 bits per heavy atom. The number of ether oxygens (including phenoxy) is 2. The van der Waals surface area contributed by atoms with Crippen LogP contribution in [0.4, 0.5) is 0 Å². The molecule has 16 nitrogen and oxygen atoms in total. The Morgan fingerprint density at radius 1 is 0.923 bits per heavy atom. The van der Waals surface area contributed by atoms with Gasteiger partial charge in [0.2, 0.25) is 35.4 Å². The monoisotopic (exact) mass is 974 g/mol. The predicted octanol–water partition coefficient (Wildman–Crippen LogP) is 4.31. The van der Waals surface area contributed by atoms with Crippen molar-refractivity contribution in [3.05, 3.63) is 35.9 Å². The number of carboxylic acids is 1. The molecule has 1 aromatic rings. The lowest BCUT2D eigenvalue weighted by molar-refractivity contribution is -0.149. The molecule has 1 aliphatic carbocycles. The number of piperidine rings is 1. The number of carbonyl (C=O) groups is 7. The van der Waals surface area contributed by atoms with Gasteiger partial charge in [-0.15, -0.1) is 0 Å². The molecule has 2 saturated heterocycles. The lowest BCUT2D eigenvalue weighted by atomic mass is 9.89. The minimum Gasteiger partial charge on any atom is -0.480 e. The zero-order valence-electron chi connectivity index (χ0n) is 39.8. The number of rotatable bonds is 26. The number of carboxylic acid groups (broad SMARTS) is 1. The van der Waals surface area contributed by atoms with Crippen molar-refractivity contribution in [2.75, 3.05) is 39.7 Å². The van der Waals surface area contributed by atoms with Gasteiger partial charge in [0.05, 0.1) is 42.0 Å². The maximum absolute atomic E-state index is 14.6. The highest BCUT2D eigenvalue weighted by atomic mass is 79.9. The minimum atomic E-state index is -1.15. The van der Waals surface area contributed by atoms with Gasteiger partial charge in [0.15, 0.2) is 0 Å². The third kappa shape index (κ3) is 14.0. The van der Waals surface area contributed by atoms with Crippen LogP contribution < -0.4 is 16.0 Å². The normalized spacial score (nSPS) is 22.4. The van der Waals surface area contributed by atoms with E-state index in [1.165, 1.54) is 14.2 Å². The molecule has 2 bridgehead atoms. The van der Waals surface area contributed by atoms with Gasteiger partial charge in [0.25, 0.3) is 0 Å². The van der Waals surface area contributed by atoms with E-state index in [-0.39, 0.29) is 71.5 Å². The largest absolute Gasteiger partial charge is 0.480 e. The van der Waals surface area contributed by atoms with Crippen LogP contribution in [0.25, 0.3) is 0 Å². The van der Waals surface area contributed by atoms with Gasteiger partial charge < -0.3 is 45.2 Å². The standard InChI is InChI=1S/C48H75BrN6O10/c1-9-30(4)42(37(64-7)27-40(58)54-24-16-19-36(54)44(65-8)31(5)45(59)51-35(48(62)63)25-32-17-12-10-13-18-32)53(6)47(61)41(29(2)3)52-46(60)43-33-21-22-34(26-33)55(43)39(57)20-14-11-15-23-50-38(56)28-49/h10,12-13,17-18,29-31,33-37,41-44H,9,11,14-16,19-28H2,1-8H3,(H,50,56)(H,51,59)(H,52,60)(H,62,63)/t30-,31+,33?,34-,35-,36-,37+,41-,42-,43?,44+/m0/s1. The molecule has 4 N–H and O–H groups in total. The second kappa shape index (κ2) is 25.7. The highest BCUT2D eigenvalue weighted by Gasteiger charge is 2.52.